The van der Waals surface area contributed by atoms with Gasteiger partial charge in [-0.15, -0.1) is 0 Å². The van der Waals surface area contributed by atoms with Crippen molar-refractivity contribution < 1.29 is 4.79 Å². The first-order valence-corrected chi connectivity index (χ1v) is 8.09. The zero-order valence-corrected chi connectivity index (χ0v) is 12.6. The molecular formula is C17H25N3O. The first-order chi connectivity index (χ1) is 10.3. The van der Waals surface area contributed by atoms with Gasteiger partial charge >= 0.3 is 0 Å². The van der Waals surface area contributed by atoms with Gasteiger partial charge in [0.1, 0.15) is 0 Å². The summed E-state index contributed by atoms with van der Waals surface area (Å²) in [5.41, 5.74) is 1.25. The number of nitrogens with one attached hydrogen (secondary N) is 1. The molecule has 0 aromatic heterocycles. The van der Waals surface area contributed by atoms with Crippen molar-refractivity contribution in [3.63, 3.8) is 0 Å². The largest absolute Gasteiger partial charge is 0.340 e. The number of carbonyl (C=O) groups is 1. The van der Waals surface area contributed by atoms with Crippen LogP contribution in [0, 0.1) is 0 Å². The first kappa shape index (κ1) is 14.5. The molecule has 0 aliphatic carbocycles. The number of hydrogen-bond donors (Lipinski definition) is 1. The number of piperazine rings is 1. The zero-order valence-electron chi connectivity index (χ0n) is 12.6. The van der Waals surface area contributed by atoms with E-state index in [2.05, 4.69) is 22.3 Å². The molecule has 1 aromatic carbocycles. The lowest BCUT2D eigenvalue weighted by atomic mass is 10.1. The second-order valence-electron chi connectivity index (χ2n) is 6.05. The normalized spacial score (nSPS) is 23.4. The summed E-state index contributed by atoms with van der Waals surface area (Å²) >= 11 is 0. The Bertz CT molecular complexity index is 448. The molecular weight excluding hydrogens is 262 g/mol. The Kier molecular flexibility index (Phi) is 4.88. The maximum absolute atomic E-state index is 12.3. The van der Waals surface area contributed by atoms with Gasteiger partial charge in [0.05, 0.1) is 0 Å². The molecule has 2 fully saturated rings. The van der Waals surface area contributed by atoms with Crippen LogP contribution in [0.15, 0.2) is 30.3 Å². The number of carbonyl (C=O) groups excluding carboxylic acids is 1. The summed E-state index contributed by atoms with van der Waals surface area (Å²) in [5, 5.41) is 3.42. The Morgan fingerprint density at radius 3 is 2.57 bits per heavy atom. The van der Waals surface area contributed by atoms with E-state index in [0.717, 1.165) is 45.7 Å². The summed E-state index contributed by atoms with van der Waals surface area (Å²) in [6.45, 7) is 6.10. The molecule has 3 rings (SSSR count). The van der Waals surface area contributed by atoms with Crippen LogP contribution in [-0.4, -0.2) is 61.0 Å². The molecule has 2 heterocycles. The van der Waals surface area contributed by atoms with Crippen LogP contribution in [0.1, 0.15) is 18.4 Å². The summed E-state index contributed by atoms with van der Waals surface area (Å²) in [4.78, 5) is 16.9. The number of rotatable bonds is 4. The second kappa shape index (κ2) is 7.05. The third-order valence-electron chi connectivity index (χ3n) is 4.69. The number of aryl methyl sites for hydroxylation is 1. The van der Waals surface area contributed by atoms with Gasteiger partial charge in [0.2, 0.25) is 5.91 Å². The molecule has 1 aromatic rings. The van der Waals surface area contributed by atoms with Crippen molar-refractivity contribution in [2.75, 3.05) is 39.3 Å². The van der Waals surface area contributed by atoms with Crippen molar-refractivity contribution >= 4 is 5.91 Å². The van der Waals surface area contributed by atoms with Crippen molar-refractivity contribution in [1.82, 2.24) is 15.1 Å². The van der Waals surface area contributed by atoms with Gasteiger partial charge in [-0.3, -0.25) is 9.69 Å². The maximum atomic E-state index is 12.3. The number of benzene rings is 1. The third kappa shape index (κ3) is 3.83. The molecule has 0 saturated carbocycles. The highest BCUT2D eigenvalue weighted by atomic mass is 16.2. The molecule has 21 heavy (non-hydrogen) atoms. The molecule has 0 bridgehead atoms. The molecule has 4 nitrogen and oxygen atoms in total. The third-order valence-corrected chi connectivity index (χ3v) is 4.69. The van der Waals surface area contributed by atoms with Crippen LogP contribution in [0.2, 0.25) is 0 Å². The minimum atomic E-state index is 0.308. The summed E-state index contributed by atoms with van der Waals surface area (Å²) in [6, 6.07) is 11.0. The van der Waals surface area contributed by atoms with Crippen LogP contribution in [0.4, 0.5) is 0 Å². The van der Waals surface area contributed by atoms with E-state index in [1.54, 1.807) is 0 Å². The minimum Gasteiger partial charge on any atom is -0.340 e. The lowest BCUT2D eigenvalue weighted by molar-refractivity contribution is -0.133. The summed E-state index contributed by atoms with van der Waals surface area (Å²) in [7, 11) is 0. The standard InChI is InChI=1S/C17H25N3O/c21-17(7-6-15-4-2-1-3-5-15)20-12-10-19(11-13-20)16-8-9-18-14-16/h1-5,16,18H,6-14H2. The van der Waals surface area contributed by atoms with Gasteiger partial charge in [0, 0.05) is 45.2 Å². The molecule has 1 N–H and O–H groups in total. The highest BCUT2D eigenvalue weighted by Gasteiger charge is 2.27. The van der Waals surface area contributed by atoms with Crippen LogP contribution < -0.4 is 5.32 Å². The van der Waals surface area contributed by atoms with E-state index in [4.69, 9.17) is 0 Å². The average molecular weight is 287 g/mol. The predicted molar refractivity (Wildman–Crippen MR) is 84.2 cm³/mol. The highest BCUT2D eigenvalue weighted by molar-refractivity contribution is 5.76. The summed E-state index contributed by atoms with van der Waals surface area (Å²) < 4.78 is 0. The Balaban J connectivity index is 1.42. The SMILES string of the molecule is O=C(CCc1ccccc1)N1CCN(C2CCNC2)CC1. The molecule has 2 saturated heterocycles. The summed E-state index contributed by atoms with van der Waals surface area (Å²) in [5.74, 6) is 0.308. The molecule has 2 aliphatic rings. The van der Waals surface area contributed by atoms with Crippen LogP contribution >= 0.6 is 0 Å². The minimum absolute atomic E-state index is 0.308. The highest BCUT2D eigenvalue weighted by Crippen LogP contribution is 2.13. The topological polar surface area (TPSA) is 35.6 Å². The number of hydrogen-bond acceptors (Lipinski definition) is 3. The molecule has 1 amide bonds. The number of nitrogens with zero attached hydrogens (tertiary/aromatic N) is 2. The van der Waals surface area contributed by atoms with Crippen LogP contribution in [0.3, 0.4) is 0 Å². The van der Waals surface area contributed by atoms with Crippen molar-refractivity contribution in [1.29, 1.82) is 0 Å². The van der Waals surface area contributed by atoms with Crippen LogP contribution in [0.5, 0.6) is 0 Å². The van der Waals surface area contributed by atoms with E-state index in [9.17, 15) is 4.79 Å². The fourth-order valence-corrected chi connectivity index (χ4v) is 3.34. The van der Waals surface area contributed by atoms with E-state index in [-0.39, 0.29) is 0 Å². The maximum Gasteiger partial charge on any atom is 0.222 e. The van der Waals surface area contributed by atoms with Crippen molar-refractivity contribution in [3.05, 3.63) is 35.9 Å². The zero-order chi connectivity index (χ0) is 14.5. The molecule has 114 valence electrons. The van der Waals surface area contributed by atoms with Gasteiger partial charge in [-0.1, -0.05) is 30.3 Å². The van der Waals surface area contributed by atoms with Gasteiger partial charge in [-0.05, 0) is 24.9 Å². The Morgan fingerprint density at radius 2 is 1.90 bits per heavy atom. The van der Waals surface area contributed by atoms with Gasteiger partial charge in [-0.25, -0.2) is 0 Å². The van der Waals surface area contributed by atoms with E-state index in [1.165, 1.54) is 12.0 Å². The lowest BCUT2D eigenvalue weighted by Crippen LogP contribution is -2.52. The summed E-state index contributed by atoms with van der Waals surface area (Å²) in [6.07, 6.45) is 2.74. The van der Waals surface area contributed by atoms with Crippen molar-refractivity contribution in [2.24, 2.45) is 0 Å². The van der Waals surface area contributed by atoms with E-state index in [0.29, 0.717) is 18.4 Å². The van der Waals surface area contributed by atoms with Gasteiger partial charge in [0.25, 0.3) is 0 Å². The lowest BCUT2D eigenvalue weighted by Gasteiger charge is -2.37. The Hall–Kier alpha value is -1.39. The smallest absolute Gasteiger partial charge is 0.222 e. The van der Waals surface area contributed by atoms with Crippen molar-refractivity contribution in [2.45, 2.75) is 25.3 Å². The van der Waals surface area contributed by atoms with Gasteiger partial charge < -0.3 is 10.2 Å². The molecule has 0 radical (unpaired) electrons. The fraction of sp³-hybridized carbons (Fsp3) is 0.588. The van der Waals surface area contributed by atoms with E-state index < -0.39 is 0 Å². The van der Waals surface area contributed by atoms with Gasteiger partial charge in [0.15, 0.2) is 0 Å². The van der Waals surface area contributed by atoms with E-state index in [1.807, 2.05) is 23.1 Å². The fourth-order valence-electron chi connectivity index (χ4n) is 3.34. The van der Waals surface area contributed by atoms with Crippen LogP contribution in [0.25, 0.3) is 0 Å². The Morgan fingerprint density at radius 1 is 1.14 bits per heavy atom. The predicted octanol–water partition coefficient (Wildman–Crippen LogP) is 1.13. The number of amides is 1. The van der Waals surface area contributed by atoms with E-state index >= 15 is 0 Å². The quantitative estimate of drug-likeness (QED) is 0.901. The monoisotopic (exact) mass is 287 g/mol. The average Bonchev–Trinajstić information content (AvgIpc) is 3.08. The Labute approximate surface area is 127 Å². The molecule has 2 aliphatic heterocycles. The first-order valence-electron chi connectivity index (χ1n) is 8.09. The molecule has 1 atom stereocenters. The van der Waals surface area contributed by atoms with Gasteiger partial charge in [-0.2, -0.15) is 0 Å². The second-order valence-corrected chi connectivity index (χ2v) is 6.05. The molecule has 4 heteroatoms. The van der Waals surface area contributed by atoms with Crippen molar-refractivity contribution in [3.8, 4) is 0 Å². The molecule has 0 spiro atoms. The molecule has 1 unspecified atom stereocenters. The van der Waals surface area contributed by atoms with Crippen LogP contribution in [-0.2, 0) is 11.2 Å².